The van der Waals surface area contributed by atoms with E-state index < -0.39 is 17.5 Å². The number of benzene rings is 1. The van der Waals surface area contributed by atoms with E-state index >= 15 is 0 Å². The number of nitrogens with one attached hydrogen (secondary N) is 2. The van der Waals surface area contributed by atoms with E-state index in [0.717, 1.165) is 13.0 Å². The van der Waals surface area contributed by atoms with E-state index in [1.165, 1.54) is 12.1 Å². The van der Waals surface area contributed by atoms with Gasteiger partial charge in [0.15, 0.2) is 17.5 Å². The second kappa shape index (κ2) is 9.95. The molecular formula is C18H28FIN4O3. The second-order valence-corrected chi connectivity index (χ2v) is 7.26. The minimum Gasteiger partial charge on any atom is -0.505 e. The molecule has 152 valence electrons. The molecule has 1 aliphatic rings. The van der Waals surface area contributed by atoms with Gasteiger partial charge >= 0.3 is 6.09 Å². The Balaban J connectivity index is 0.00000364. The fourth-order valence-electron chi connectivity index (χ4n) is 2.72. The Hall–Kier alpha value is -1.78. The number of alkyl carbamates (subject to hydrolysis) is 1. The van der Waals surface area contributed by atoms with Crippen LogP contribution in [0, 0.1) is 5.82 Å². The third-order valence-corrected chi connectivity index (χ3v) is 3.88. The van der Waals surface area contributed by atoms with Gasteiger partial charge < -0.3 is 25.4 Å². The normalized spacial score (nSPS) is 17.3. The van der Waals surface area contributed by atoms with E-state index in [2.05, 4.69) is 15.6 Å². The molecule has 0 spiro atoms. The van der Waals surface area contributed by atoms with Crippen LogP contribution in [0.5, 0.6) is 5.75 Å². The fourth-order valence-corrected chi connectivity index (χ4v) is 2.72. The number of hydrogen-bond donors (Lipinski definition) is 3. The molecular weight excluding hydrogens is 466 g/mol. The van der Waals surface area contributed by atoms with Gasteiger partial charge in [-0.3, -0.25) is 4.99 Å². The minimum absolute atomic E-state index is 0. The lowest BCUT2D eigenvalue weighted by atomic mass is 10.2. The molecule has 1 aromatic carbocycles. The summed E-state index contributed by atoms with van der Waals surface area (Å²) in [6.45, 7) is 7.21. The van der Waals surface area contributed by atoms with Crippen molar-refractivity contribution in [3.63, 3.8) is 0 Å². The molecule has 0 aliphatic carbocycles. The van der Waals surface area contributed by atoms with Crippen LogP contribution in [0.1, 0.15) is 32.8 Å². The highest BCUT2D eigenvalue weighted by atomic mass is 127. The monoisotopic (exact) mass is 494 g/mol. The third kappa shape index (κ3) is 7.39. The van der Waals surface area contributed by atoms with Crippen molar-refractivity contribution >= 4 is 36.0 Å². The van der Waals surface area contributed by atoms with E-state index in [1.54, 1.807) is 13.1 Å². The van der Waals surface area contributed by atoms with Crippen molar-refractivity contribution in [2.24, 2.45) is 4.99 Å². The van der Waals surface area contributed by atoms with Gasteiger partial charge in [0.1, 0.15) is 5.60 Å². The summed E-state index contributed by atoms with van der Waals surface area (Å²) >= 11 is 0. The molecule has 0 aromatic heterocycles. The molecule has 3 N–H and O–H groups in total. The standard InChI is InChI=1S/C18H27FN4O3.HI/c1-18(2,3)26-17(25)22-13-7-8-23(11-13)16(20-4)21-10-12-5-6-15(24)14(19)9-12;/h5-6,9,13,24H,7-8,10-11H2,1-4H3,(H,20,21)(H,22,25);1H. The van der Waals surface area contributed by atoms with Crippen molar-refractivity contribution in [2.75, 3.05) is 20.1 Å². The Kier molecular flexibility index (Phi) is 8.58. The first-order chi connectivity index (χ1) is 12.2. The Morgan fingerprint density at radius 2 is 2.15 bits per heavy atom. The van der Waals surface area contributed by atoms with E-state index in [-0.39, 0.29) is 35.8 Å². The number of ether oxygens (including phenoxy) is 1. The topological polar surface area (TPSA) is 86.2 Å². The highest BCUT2D eigenvalue weighted by Gasteiger charge is 2.27. The number of aliphatic imine (C=N–C) groups is 1. The summed E-state index contributed by atoms with van der Waals surface area (Å²) < 4.78 is 18.7. The number of nitrogens with zero attached hydrogens (tertiary/aromatic N) is 2. The summed E-state index contributed by atoms with van der Waals surface area (Å²) in [6.07, 6.45) is 0.361. The molecule has 0 saturated carbocycles. The lowest BCUT2D eigenvalue weighted by Gasteiger charge is -2.23. The predicted octanol–water partition coefficient (Wildman–Crippen LogP) is 2.82. The van der Waals surface area contributed by atoms with Crippen LogP contribution in [0.25, 0.3) is 0 Å². The number of aromatic hydroxyl groups is 1. The van der Waals surface area contributed by atoms with Crippen molar-refractivity contribution in [1.82, 2.24) is 15.5 Å². The summed E-state index contributed by atoms with van der Waals surface area (Å²) in [7, 11) is 1.67. The van der Waals surface area contributed by atoms with Crippen LogP contribution in [0.2, 0.25) is 0 Å². The zero-order valence-electron chi connectivity index (χ0n) is 16.1. The van der Waals surface area contributed by atoms with E-state index in [4.69, 9.17) is 4.74 Å². The molecule has 1 aliphatic heterocycles. The SMILES string of the molecule is CN=C(NCc1ccc(O)c(F)c1)N1CCC(NC(=O)OC(C)(C)C)C1.I. The maximum absolute atomic E-state index is 13.4. The zero-order valence-corrected chi connectivity index (χ0v) is 18.4. The maximum Gasteiger partial charge on any atom is 0.407 e. The Bertz CT molecular complexity index is 679. The summed E-state index contributed by atoms with van der Waals surface area (Å²) in [6, 6.07) is 4.24. The van der Waals surface area contributed by atoms with Crippen molar-refractivity contribution in [3.8, 4) is 5.75 Å². The predicted molar refractivity (Wildman–Crippen MR) is 113 cm³/mol. The van der Waals surface area contributed by atoms with E-state index in [9.17, 15) is 14.3 Å². The van der Waals surface area contributed by atoms with Gasteiger partial charge in [-0.15, -0.1) is 24.0 Å². The average Bonchev–Trinajstić information content (AvgIpc) is 2.97. The fraction of sp³-hybridized carbons (Fsp3) is 0.556. The lowest BCUT2D eigenvalue weighted by molar-refractivity contribution is 0.0507. The summed E-state index contributed by atoms with van der Waals surface area (Å²) in [5, 5.41) is 15.3. The molecule has 1 amide bonds. The zero-order chi connectivity index (χ0) is 19.3. The van der Waals surface area contributed by atoms with Crippen LogP contribution in [0.3, 0.4) is 0 Å². The second-order valence-electron chi connectivity index (χ2n) is 7.26. The van der Waals surface area contributed by atoms with Gasteiger partial charge in [0.05, 0.1) is 6.04 Å². The minimum atomic E-state index is -0.651. The largest absolute Gasteiger partial charge is 0.505 e. The van der Waals surface area contributed by atoms with Gasteiger partial charge in [0.25, 0.3) is 0 Å². The number of likely N-dealkylation sites (tertiary alicyclic amines) is 1. The molecule has 1 heterocycles. The van der Waals surface area contributed by atoms with Gasteiger partial charge in [0.2, 0.25) is 0 Å². The molecule has 1 atom stereocenters. The highest BCUT2D eigenvalue weighted by Crippen LogP contribution is 2.16. The quantitative estimate of drug-likeness (QED) is 0.342. The van der Waals surface area contributed by atoms with Gasteiger partial charge in [-0.05, 0) is 44.9 Å². The Labute approximate surface area is 176 Å². The number of phenolic OH excluding ortho intramolecular Hbond substituents is 1. The summed E-state index contributed by atoms with van der Waals surface area (Å²) in [4.78, 5) is 18.1. The third-order valence-electron chi connectivity index (χ3n) is 3.88. The van der Waals surface area contributed by atoms with Crippen molar-refractivity contribution in [3.05, 3.63) is 29.6 Å². The maximum atomic E-state index is 13.4. The van der Waals surface area contributed by atoms with Crippen molar-refractivity contribution in [1.29, 1.82) is 0 Å². The number of halogens is 2. The molecule has 1 unspecified atom stereocenters. The molecule has 27 heavy (non-hydrogen) atoms. The number of guanidine groups is 1. The number of amides is 1. The number of rotatable bonds is 3. The van der Waals surface area contributed by atoms with E-state index in [1.807, 2.05) is 25.7 Å². The first-order valence-corrected chi connectivity index (χ1v) is 8.60. The molecule has 1 aromatic rings. The highest BCUT2D eigenvalue weighted by molar-refractivity contribution is 14.0. The number of carbonyl (C=O) groups excluding carboxylic acids is 1. The first kappa shape index (κ1) is 23.3. The van der Waals surface area contributed by atoms with Gasteiger partial charge in [-0.2, -0.15) is 0 Å². The number of phenols is 1. The van der Waals surface area contributed by atoms with E-state index in [0.29, 0.717) is 24.6 Å². The molecule has 9 heteroatoms. The Morgan fingerprint density at radius 3 is 2.74 bits per heavy atom. The van der Waals surface area contributed by atoms with Crippen LogP contribution < -0.4 is 10.6 Å². The number of carbonyl (C=O) groups is 1. The average molecular weight is 494 g/mol. The smallest absolute Gasteiger partial charge is 0.407 e. The van der Waals surface area contributed by atoms with Gasteiger partial charge in [-0.25, -0.2) is 9.18 Å². The molecule has 0 radical (unpaired) electrons. The first-order valence-electron chi connectivity index (χ1n) is 8.60. The molecule has 2 rings (SSSR count). The molecule has 7 nitrogen and oxygen atoms in total. The summed E-state index contributed by atoms with van der Waals surface area (Å²) in [5.74, 6) is -0.345. The lowest BCUT2D eigenvalue weighted by Crippen LogP contribution is -2.44. The molecule has 1 fully saturated rings. The van der Waals surface area contributed by atoms with Crippen molar-refractivity contribution in [2.45, 2.75) is 45.4 Å². The van der Waals surface area contributed by atoms with Crippen LogP contribution in [-0.2, 0) is 11.3 Å². The van der Waals surface area contributed by atoms with Crippen LogP contribution >= 0.6 is 24.0 Å². The number of hydrogen-bond acceptors (Lipinski definition) is 4. The van der Waals surface area contributed by atoms with Crippen LogP contribution in [0.4, 0.5) is 9.18 Å². The van der Waals surface area contributed by atoms with Crippen LogP contribution in [0.15, 0.2) is 23.2 Å². The van der Waals surface area contributed by atoms with Gasteiger partial charge in [0, 0.05) is 26.7 Å². The summed E-state index contributed by atoms with van der Waals surface area (Å²) in [5.41, 5.74) is 0.170. The van der Waals surface area contributed by atoms with Crippen LogP contribution in [-0.4, -0.2) is 53.8 Å². The van der Waals surface area contributed by atoms with Crippen molar-refractivity contribution < 1.29 is 19.0 Å². The Morgan fingerprint density at radius 1 is 1.44 bits per heavy atom. The van der Waals surface area contributed by atoms with Gasteiger partial charge in [-0.1, -0.05) is 6.07 Å². The molecule has 0 bridgehead atoms. The molecule has 1 saturated heterocycles.